The average molecular weight is 423 g/mol. The van der Waals surface area contributed by atoms with Crippen molar-refractivity contribution in [1.29, 1.82) is 0 Å². The Kier molecular flexibility index (Phi) is 18.3. The molecule has 30 heavy (non-hydrogen) atoms. The number of benzene rings is 2. The summed E-state index contributed by atoms with van der Waals surface area (Å²) in [6.45, 7) is 9.97. The van der Waals surface area contributed by atoms with Crippen LogP contribution in [0, 0.1) is 10.8 Å². The van der Waals surface area contributed by atoms with Gasteiger partial charge in [-0.05, 0) is 52.7 Å². The van der Waals surface area contributed by atoms with Crippen LogP contribution in [0.25, 0.3) is 11.1 Å². The van der Waals surface area contributed by atoms with Gasteiger partial charge in [-0.1, -0.05) is 60.7 Å². The maximum Gasteiger partial charge on any atom is 0.308 e. The summed E-state index contributed by atoms with van der Waals surface area (Å²) in [5.74, 6) is -1.51. The zero-order valence-corrected chi connectivity index (χ0v) is 19.4. The van der Waals surface area contributed by atoms with E-state index in [0.29, 0.717) is 0 Å². The van der Waals surface area contributed by atoms with Crippen LogP contribution in [0.4, 0.5) is 0 Å². The van der Waals surface area contributed by atoms with Crippen molar-refractivity contribution in [3.05, 3.63) is 60.7 Å². The third kappa shape index (κ3) is 17.4. The number of carboxylic acids is 2. The van der Waals surface area contributed by atoms with E-state index in [1.807, 2.05) is 12.1 Å². The summed E-state index contributed by atoms with van der Waals surface area (Å²) in [6, 6.07) is 20.8. The summed E-state index contributed by atoms with van der Waals surface area (Å²) < 4.78 is 0. The average Bonchev–Trinajstić information content (AvgIpc) is 2.72. The Hall–Kier alpha value is -2.70. The molecule has 2 rings (SSSR count). The van der Waals surface area contributed by atoms with Gasteiger partial charge in [0.25, 0.3) is 0 Å². The summed E-state index contributed by atoms with van der Waals surface area (Å²) >= 11 is 0. The lowest BCUT2D eigenvalue weighted by Gasteiger charge is -2.08. The summed E-state index contributed by atoms with van der Waals surface area (Å²) in [5.41, 5.74) is 1.39. The number of carbonyl (C=O) groups is 2. The van der Waals surface area contributed by atoms with Gasteiger partial charge in [0.05, 0.1) is 10.8 Å². The molecule has 0 aromatic heterocycles. The molecule has 0 amide bonds. The Bertz CT molecular complexity index is 607. The third-order valence-corrected chi connectivity index (χ3v) is 3.16. The Morgan fingerprint density at radius 3 is 0.833 bits per heavy atom. The van der Waals surface area contributed by atoms with E-state index in [2.05, 4.69) is 48.5 Å². The SMILES string of the molecule is CC(C)(C)C(=O)O.CC(C)(C)C(=O)O.CO.CO.c1ccc(-c2ccccc2)cc1. The van der Waals surface area contributed by atoms with E-state index in [9.17, 15) is 9.59 Å². The molecule has 0 atom stereocenters. The van der Waals surface area contributed by atoms with Gasteiger partial charge in [0.1, 0.15) is 0 Å². The summed E-state index contributed by atoms with van der Waals surface area (Å²) in [5, 5.41) is 30.5. The van der Waals surface area contributed by atoms with E-state index >= 15 is 0 Å². The molecule has 2 aromatic rings. The van der Waals surface area contributed by atoms with Crippen LogP contribution in [0.5, 0.6) is 0 Å². The number of rotatable bonds is 1. The monoisotopic (exact) mass is 422 g/mol. The minimum Gasteiger partial charge on any atom is -0.481 e. The van der Waals surface area contributed by atoms with Gasteiger partial charge in [-0.2, -0.15) is 0 Å². The standard InChI is InChI=1S/C12H10.2C5H10O2.2CH4O/c1-3-7-11(8-4-1)12-9-5-2-6-10-12;2*1-5(2,3)4(6)7;2*1-2/h1-10H;2*1-3H3,(H,6,7);2*2H,1H3. The smallest absolute Gasteiger partial charge is 0.308 e. The first kappa shape index (κ1) is 32.0. The maximum atomic E-state index is 10.0. The van der Waals surface area contributed by atoms with Crippen molar-refractivity contribution in [2.45, 2.75) is 41.5 Å². The molecule has 6 nitrogen and oxygen atoms in total. The Labute approximate surface area is 180 Å². The summed E-state index contributed by atoms with van der Waals surface area (Å²) in [6.07, 6.45) is 0. The van der Waals surface area contributed by atoms with Gasteiger partial charge in [0.2, 0.25) is 0 Å². The lowest BCUT2D eigenvalue weighted by atomic mass is 9.98. The second-order valence-electron chi connectivity index (χ2n) is 7.84. The topological polar surface area (TPSA) is 115 Å². The summed E-state index contributed by atoms with van der Waals surface area (Å²) in [7, 11) is 2.00. The second kappa shape index (κ2) is 17.2. The number of hydrogen-bond donors (Lipinski definition) is 4. The van der Waals surface area contributed by atoms with Gasteiger partial charge in [0, 0.05) is 14.2 Å². The molecule has 0 saturated carbocycles. The van der Waals surface area contributed by atoms with Gasteiger partial charge in [-0.15, -0.1) is 0 Å². The normalized spacial score (nSPS) is 9.53. The van der Waals surface area contributed by atoms with Crippen molar-refractivity contribution >= 4 is 11.9 Å². The highest BCUT2D eigenvalue weighted by Gasteiger charge is 2.19. The number of aliphatic hydroxyl groups is 2. The minimum atomic E-state index is -0.757. The number of hydrogen-bond acceptors (Lipinski definition) is 4. The summed E-state index contributed by atoms with van der Waals surface area (Å²) in [4.78, 5) is 20.0. The van der Waals surface area contributed by atoms with Crippen LogP contribution in [-0.2, 0) is 9.59 Å². The van der Waals surface area contributed by atoms with Crippen LogP contribution < -0.4 is 0 Å². The van der Waals surface area contributed by atoms with Crippen LogP contribution in [0.2, 0.25) is 0 Å². The van der Waals surface area contributed by atoms with Crippen LogP contribution in [0.15, 0.2) is 60.7 Å². The van der Waals surface area contributed by atoms with Gasteiger partial charge in [-0.3, -0.25) is 9.59 Å². The van der Waals surface area contributed by atoms with Crippen molar-refractivity contribution < 1.29 is 30.0 Å². The van der Waals surface area contributed by atoms with Crippen molar-refractivity contribution in [3.63, 3.8) is 0 Å². The molecule has 0 radical (unpaired) electrons. The first-order valence-corrected chi connectivity index (χ1v) is 9.32. The van der Waals surface area contributed by atoms with Crippen molar-refractivity contribution in [1.82, 2.24) is 0 Å². The molecule has 0 bridgehead atoms. The fourth-order valence-electron chi connectivity index (χ4n) is 1.26. The van der Waals surface area contributed by atoms with Gasteiger partial charge in [-0.25, -0.2) is 0 Å². The fourth-order valence-corrected chi connectivity index (χ4v) is 1.26. The van der Waals surface area contributed by atoms with Crippen LogP contribution in [-0.4, -0.2) is 46.6 Å². The molecule has 170 valence electrons. The molecule has 4 N–H and O–H groups in total. The molecule has 0 aliphatic carbocycles. The van der Waals surface area contributed by atoms with Gasteiger partial charge >= 0.3 is 11.9 Å². The number of aliphatic carboxylic acids is 2. The fraction of sp³-hybridized carbons (Fsp3) is 0.417. The molecule has 0 unspecified atom stereocenters. The van der Waals surface area contributed by atoms with Crippen molar-refractivity contribution in [3.8, 4) is 11.1 Å². The van der Waals surface area contributed by atoms with E-state index in [4.69, 9.17) is 20.4 Å². The van der Waals surface area contributed by atoms with E-state index in [1.54, 1.807) is 41.5 Å². The zero-order valence-electron chi connectivity index (χ0n) is 19.4. The number of carboxylic acid groups (broad SMARTS) is 2. The largest absolute Gasteiger partial charge is 0.481 e. The van der Waals surface area contributed by atoms with Crippen LogP contribution in [0.1, 0.15) is 41.5 Å². The van der Waals surface area contributed by atoms with Crippen molar-refractivity contribution in [2.24, 2.45) is 10.8 Å². The van der Waals surface area contributed by atoms with E-state index in [0.717, 1.165) is 14.2 Å². The third-order valence-electron chi connectivity index (χ3n) is 3.16. The first-order chi connectivity index (χ1) is 13.9. The Morgan fingerprint density at radius 1 is 0.533 bits per heavy atom. The second-order valence-corrected chi connectivity index (χ2v) is 7.84. The molecule has 0 aliphatic rings. The lowest BCUT2D eigenvalue weighted by molar-refractivity contribution is -0.146. The van der Waals surface area contributed by atoms with E-state index in [1.165, 1.54) is 11.1 Å². The van der Waals surface area contributed by atoms with E-state index in [-0.39, 0.29) is 0 Å². The Morgan fingerprint density at radius 2 is 0.700 bits per heavy atom. The molecule has 0 saturated heterocycles. The Balaban J connectivity index is -0.000000355. The predicted octanol–water partition coefficient (Wildman–Crippen LogP) is 4.80. The molecule has 2 aromatic carbocycles. The first-order valence-electron chi connectivity index (χ1n) is 9.32. The highest BCUT2D eigenvalue weighted by atomic mass is 16.4. The maximum absolute atomic E-state index is 10.0. The van der Waals surface area contributed by atoms with Crippen LogP contribution >= 0.6 is 0 Å². The number of aliphatic hydroxyl groups excluding tert-OH is 2. The predicted molar refractivity (Wildman–Crippen MR) is 122 cm³/mol. The highest BCUT2D eigenvalue weighted by Crippen LogP contribution is 2.17. The molecular formula is C24H38O6. The van der Waals surface area contributed by atoms with E-state index < -0.39 is 22.8 Å². The van der Waals surface area contributed by atoms with Crippen molar-refractivity contribution in [2.75, 3.05) is 14.2 Å². The van der Waals surface area contributed by atoms with Gasteiger partial charge in [0.15, 0.2) is 0 Å². The van der Waals surface area contributed by atoms with Crippen LogP contribution in [0.3, 0.4) is 0 Å². The molecule has 0 spiro atoms. The molecule has 0 fully saturated rings. The highest BCUT2D eigenvalue weighted by molar-refractivity contribution is 5.73. The van der Waals surface area contributed by atoms with Gasteiger partial charge < -0.3 is 20.4 Å². The quantitative estimate of drug-likeness (QED) is 0.524. The lowest BCUT2D eigenvalue weighted by Crippen LogP contribution is -2.18. The molecule has 6 heteroatoms. The zero-order chi connectivity index (χ0) is 24.4. The minimum absolute atomic E-state index is 0.583. The molecule has 0 aliphatic heterocycles. The molecular weight excluding hydrogens is 384 g/mol. The molecule has 0 heterocycles.